The first-order valence-electron chi connectivity index (χ1n) is 6.18. The molecule has 2 heterocycles. The Kier molecular flexibility index (Phi) is 4.02. The molecule has 0 radical (unpaired) electrons. The van der Waals surface area contributed by atoms with Gasteiger partial charge in [-0.15, -0.1) is 0 Å². The molecule has 1 N–H and O–H groups in total. The summed E-state index contributed by atoms with van der Waals surface area (Å²) in [6.45, 7) is 6.43. The van der Waals surface area contributed by atoms with Crippen LogP contribution in [0.25, 0.3) is 0 Å². The maximum absolute atomic E-state index is 5.52. The second-order valence-corrected chi connectivity index (χ2v) is 4.91. The lowest BCUT2D eigenvalue weighted by atomic mass is 9.98. The van der Waals surface area contributed by atoms with Gasteiger partial charge in [-0.3, -0.25) is 0 Å². The van der Waals surface area contributed by atoms with Gasteiger partial charge in [0.25, 0.3) is 0 Å². The van der Waals surface area contributed by atoms with Gasteiger partial charge in [-0.2, -0.15) is 0 Å². The Morgan fingerprint density at radius 1 is 1.50 bits per heavy atom. The van der Waals surface area contributed by atoms with Gasteiger partial charge in [-0.05, 0) is 58.0 Å². The topological polar surface area (TPSA) is 28.4 Å². The molecule has 3 heteroatoms. The highest BCUT2D eigenvalue weighted by Crippen LogP contribution is 2.14. The molecular formula is C13H22N2O. The monoisotopic (exact) mass is 222 g/mol. The quantitative estimate of drug-likeness (QED) is 0.845. The highest BCUT2D eigenvalue weighted by molar-refractivity contribution is 5.05. The molecule has 1 atom stereocenters. The average Bonchev–Trinajstić information content (AvgIpc) is 2.64. The second kappa shape index (κ2) is 5.51. The first kappa shape index (κ1) is 11.7. The van der Waals surface area contributed by atoms with E-state index in [2.05, 4.69) is 23.3 Å². The Bertz CT molecular complexity index is 321. The van der Waals surface area contributed by atoms with E-state index >= 15 is 0 Å². The molecular weight excluding hydrogens is 200 g/mol. The Balaban J connectivity index is 1.67. The number of piperidine rings is 1. The number of aryl methyl sites for hydroxylation is 1. The third kappa shape index (κ3) is 3.35. The number of nitrogens with one attached hydrogen (secondary N) is 1. The molecule has 90 valence electrons. The summed E-state index contributed by atoms with van der Waals surface area (Å²) >= 11 is 0. The van der Waals surface area contributed by atoms with Crippen LogP contribution in [-0.4, -0.2) is 31.6 Å². The number of rotatable bonds is 4. The standard InChI is InChI=1S/C13H22N2O/c1-11-5-6-13(16-11)9-14-8-12-4-3-7-15(2)10-12/h5-6,12,14H,3-4,7-10H2,1-2H3. The molecule has 3 nitrogen and oxygen atoms in total. The summed E-state index contributed by atoms with van der Waals surface area (Å²) in [7, 11) is 2.21. The fourth-order valence-electron chi connectivity index (χ4n) is 2.42. The van der Waals surface area contributed by atoms with Crippen molar-refractivity contribution in [1.82, 2.24) is 10.2 Å². The third-order valence-corrected chi connectivity index (χ3v) is 3.25. The van der Waals surface area contributed by atoms with E-state index in [4.69, 9.17) is 4.42 Å². The van der Waals surface area contributed by atoms with Crippen molar-refractivity contribution in [3.8, 4) is 0 Å². The SMILES string of the molecule is Cc1ccc(CNCC2CCCN(C)C2)o1. The first-order valence-corrected chi connectivity index (χ1v) is 6.18. The molecule has 0 amide bonds. The van der Waals surface area contributed by atoms with E-state index in [9.17, 15) is 0 Å². The minimum Gasteiger partial charge on any atom is -0.465 e. The summed E-state index contributed by atoms with van der Waals surface area (Å²) in [6.07, 6.45) is 2.69. The summed E-state index contributed by atoms with van der Waals surface area (Å²) in [6, 6.07) is 4.07. The van der Waals surface area contributed by atoms with E-state index in [1.807, 2.05) is 13.0 Å². The lowest BCUT2D eigenvalue weighted by Gasteiger charge is -2.29. The molecule has 0 saturated carbocycles. The van der Waals surface area contributed by atoms with E-state index in [0.717, 1.165) is 30.5 Å². The molecule has 0 aromatic carbocycles. The van der Waals surface area contributed by atoms with Crippen LogP contribution in [0, 0.1) is 12.8 Å². The van der Waals surface area contributed by atoms with Gasteiger partial charge < -0.3 is 14.6 Å². The molecule has 1 aromatic heterocycles. The zero-order chi connectivity index (χ0) is 11.4. The van der Waals surface area contributed by atoms with E-state index in [1.165, 1.54) is 25.9 Å². The van der Waals surface area contributed by atoms with E-state index < -0.39 is 0 Å². The summed E-state index contributed by atoms with van der Waals surface area (Å²) in [5.41, 5.74) is 0. The van der Waals surface area contributed by atoms with Crippen molar-refractivity contribution >= 4 is 0 Å². The fourth-order valence-corrected chi connectivity index (χ4v) is 2.42. The second-order valence-electron chi connectivity index (χ2n) is 4.91. The van der Waals surface area contributed by atoms with Crippen molar-refractivity contribution in [2.45, 2.75) is 26.3 Å². The van der Waals surface area contributed by atoms with Crippen molar-refractivity contribution in [1.29, 1.82) is 0 Å². The summed E-state index contributed by atoms with van der Waals surface area (Å²) in [4.78, 5) is 2.42. The molecule has 2 rings (SSSR count). The zero-order valence-electron chi connectivity index (χ0n) is 10.3. The Labute approximate surface area is 97.8 Å². The van der Waals surface area contributed by atoms with Crippen molar-refractivity contribution in [3.05, 3.63) is 23.7 Å². The smallest absolute Gasteiger partial charge is 0.117 e. The number of likely N-dealkylation sites (tertiary alicyclic amines) is 1. The molecule has 1 aliphatic heterocycles. The van der Waals surface area contributed by atoms with Crippen LogP contribution < -0.4 is 5.32 Å². The lowest BCUT2D eigenvalue weighted by Crippen LogP contribution is -2.37. The van der Waals surface area contributed by atoms with Gasteiger partial charge in [0, 0.05) is 6.54 Å². The van der Waals surface area contributed by atoms with E-state index in [1.54, 1.807) is 0 Å². The van der Waals surface area contributed by atoms with Crippen LogP contribution in [-0.2, 0) is 6.54 Å². The molecule has 1 aliphatic rings. The fraction of sp³-hybridized carbons (Fsp3) is 0.692. The van der Waals surface area contributed by atoms with Gasteiger partial charge in [0.05, 0.1) is 6.54 Å². The van der Waals surface area contributed by atoms with Gasteiger partial charge in [-0.25, -0.2) is 0 Å². The Hall–Kier alpha value is -0.800. The first-order chi connectivity index (χ1) is 7.74. The van der Waals surface area contributed by atoms with Crippen LogP contribution in [0.3, 0.4) is 0 Å². The van der Waals surface area contributed by atoms with E-state index in [0.29, 0.717) is 0 Å². The Morgan fingerprint density at radius 3 is 3.06 bits per heavy atom. The molecule has 1 saturated heterocycles. The maximum atomic E-state index is 5.52. The van der Waals surface area contributed by atoms with Gasteiger partial charge in [0.2, 0.25) is 0 Å². The lowest BCUT2D eigenvalue weighted by molar-refractivity contribution is 0.205. The number of furan rings is 1. The van der Waals surface area contributed by atoms with Gasteiger partial charge in [-0.1, -0.05) is 0 Å². The molecule has 0 aliphatic carbocycles. The predicted molar refractivity (Wildman–Crippen MR) is 65.4 cm³/mol. The largest absolute Gasteiger partial charge is 0.465 e. The van der Waals surface area contributed by atoms with Crippen LogP contribution in [0.1, 0.15) is 24.4 Å². The normalized spacial score (nSPS) is 22.5. The van der Waals surface area contributed by atoms with Crippen molar-refractivity contribution in [2.75, 3.05) is 26.7 Å². The summed E-state index contributed by atoms with van der Waals surface area (Å²) in [5, 5.41) is 3.48. The maximum Gasteiger partial charge on any atom is 0.117 e. The van der Waals surface area contributed by atoms with E-state index in [-0.39, 0.29) is 0 Å². The third-order valence-electron chi connectivity index (χ3n) is 3.25. The van der Waals surface area contributed by atoms with Crippen LogP contribution >= 0.6 is 0 Å². The highest BCUT2D eigenvalue weighted by atomic mass is 16.3. The molecule has 1 fully saturated rings. The van der Waals surface area contributed by atoms with Gasteiger partial charge in [0.15, 0.2) is 0 Å². The Morgan fingerprint density at radius 2 is 2.38 bits per heavy atom. The van der Waals surface area contributed by atoms with Crippen molar-refractivity contribution < 1.29 is 4.42 Å². The number of hydrogen-bond donors (Lipinski definition) is 1. The molecule has 16 heavy (non-hydrogen) atoms. The van der Waals surface area contributed by atoms with Crippen LogP contribution in [0.5, 0.6) is 0 Å². The van der Waals surface area contributed by atoms with Crippen molar-refractivity contribution in [3.63, 3.8) is 0 Å². The zero-order valence-corrected chi connectivity index (χ0v) is 10.3. The molecule has 0 spiro atoms. The summed E-state index contributed by atoms with van der Waals surface area (Å²) < 4.78 is 5.52. The van der Waals surface area contributed by atoms with Crippen LogP contribution in [0.4, 0.5) is 0 Å². The molecule has 0 bridgehead atoms. The van der Waals surface area contributed by atoms with Crippen LogP contribution in [0.15, 0.2) is 16.5 Å². The van der Waals surface area contributed by atoms with Crippen LogP contribution in [0.2, 0.25) is 0 Å². The highest BCUT2D eigenvalue weighted by Gasteiger charge is 2.16. The summed E-state index contributed by atoms with van der Waals surface area (Å²) in [5.74, 6) is 2.84. The molecule has 1 aromatic rings. The minimum absolute atomic E-state index is 0.801. The average molecular weight is 222 g/mol. The number of hydrogen-bond acceptors (Lipinski definition) is 3. The minimum atomic E-state index is 0.801. The van der Waals surface area contributed by atoms with Gasteiger partial charge in [0.1, 0.15) is 11.5 Å². The van der Waals surface area contributed by atoms with Crippen molar-refractivity contribution in [2.24, 2.45) is 5.92 Å². The number of nitrogens with zero attached hydrogens (tertiary/aromatic N) is 1. The predicted octanol–water partition coefficient (Wildman–Crippen LogP) is 2.02. The molecule has 1 unspecified atom stereocenters. The van der Waals surface area contributed by atoms with Gasteiger partial charge >= 0.3 is 0 Å².